The fourth-order valence-corrected chi connectivity index (χ4v) is 3.08. The molecule has 0 saturated heterocycles. The summed E-state index contributed by atoms with van der Waals surface area (Å²) in [5, 5.41) is 6.14. The topological polar surface area (TPSA) is 12.0 Å². The van der Waals surface area contributed by atoms with Crippen LogP contribution < -0.4 is 5.32 Å². The summed E-state index contributed by atoms with van der Waals surface area (Å²) < 4.78 is 0. The molecule has 0 aromatic heterocycles. The molecule has 1 nitrogen and oxygen atoms in total. The first-order valence-electron chi connectivity index (χ1n) is 7.43. The van der Waals surface area contributed by atoms with Crippen molar-refractivity contribution in [1.29, 1.82) is 0 Å². The van der Waals surface area contributed by atoms with E-state index in [1.165, 1.54) is 33.0 Å². The quantitative estimate of drug-likeness (QED) is 0.726. The van der Waals surface area contributed by atoms with Gasteiger partial charge in [-0.3, -0.25) is 0 Å². The molecule has 1 atom stereocenters. The van der Waals surface area contributed by atoms with Gasteiger partial charge in [0.2, 0.25) is 0 Å². The molecule has 1 N–H and O–H groups in total. The zero-order valence-electron chi connectivity index (χ0n) is 12.9. The van der Waals surface area contributed by atoms with Crippen molar-refractivity contribution in [3.05, 3.63) is 82.9 Å². The van der Waals surface area contributed by atoms with Gasteiger partial charge in [-0.25, -0.2) is 0 Å². The molecule has 3 aromatic carbocycles. The van der Waals surface area contributed by atoms with E-state index in [2.05, 4.69) is 79.8 Å². The SMILES string of the molecule is CNC(c1cccc(C)c1)c1ccc(C)c2ccccc12. The zero-order chi connectivity index (χ0) is 14.8. The fraction of sp³-hybridized carbons (Fsp3) is 0.200. The number of hydrogen-bond donors (Lipinski definition) is 1. The third kappa shape index (κ3) is 2.57. The molecule has 3 rings (SSSR count). The zero-order valence-corrected chi connectivity index (χ0v) is 12.9. The molecule has 0 radical (unpaired) electrons. The molecule has 1 heteroatoms. The number of nitrogens with one attached hydrogen (secondary N) is 1. The highest BCUT2D eigenvalue weighted by molar-refractivity contribution is 5.89. The molecule has 0 spiro atoms. The predicted molar refractivity (Wildman–Crippen MR) is 90.8 cm³/mol. The molecule has 3 aromatic rings. The number of benzene rings is 3. The summed E-state index contributed by atoms with van der Waals surface area (Å²) >= 11 is 0. The molecule has 21 heavy (non-hydrogen) atoms. The average Bonchev–Trinajstić information content (AvgIpc) is 2.51. The van der Waals surface area contributed by atoms with Gasteiger partial charge in [-0.2, -0.15) is 0 Å². The Morgan fingerprint density at radius 3 is 2.29 bits per heavy atom. The van der Waals surface area contributed by atoms with Crippen LogP contribution in [0.25, 0.3) is 10.8 Å². The van der Waals surface area contributed by atoms with Crippen LogP contribution in [-0.4, -0.2) is 7.05 Å². The smallest absolute Gasteiger partial charge is 0.0580 e. The summed E-state index contributed by atoms with van der Waals surface area (Å²) in [6, 6.07) is 22.1. The van der Waals surface area contributed by atoms with E-state index in [-0.39, 0.29) is 6.04 Å². The van der Waals surface area contributed by atoms with Gasteiger partial charge in [0.15, 0.2) is 0 Å². The van der Waals surface area contributed by atoms with Crippen LogP contribution in [0.2, 0.25) is 0 Å². The molecule has 0 aliphatic heterocycles. The van der Waals surface area contributed by atoms with E-state index >= 15 is 0 Å². The second-order valence-corrected chi connectivity index (χ2v) is 5.65. The van der Waals surface area contributed by atoms with Crippen molar-refractivity contribution in [3.8, 4) is 0 Å². The Balaban J connectivity index is 2.20. The molecule has 0 saturated carbocycles. The lowest BCUT2D eigenvalue weighted by atomic mass is 9.91. The Kier molecular flexibility index (Phi) is 3.76. The highest BCUT2D eigenvalue weighted by atomic mass is 14.9. The first kappa shape index (κ1) is 13.8. The standard InChI is InChI=1S/C20H21N/c1-14-7-6-8-16(13-14)20(21-3)19-12-11-15(2)17-9-4-5-10-18(17)19/h4-13,20-21H,1-3H3. The number of fused-ring (bicyclic) bond motifs is 1. The van der Waals surface area contributed by atoms with E-state index in [1.54, 1.807) is 0 Å². The van der Waals surface area contributed by atoms with Crippen LogP contribution >= 0.6 is 0 Å². The van der Waals surface area contributed by atoms with Gasteiger partial charge in [0.25, 0.3) is 0 Å². The second-order valence-electron chi connectivity index (χ2n) is 5.65. The van der Waals surface area contributed by atoms with Gasteiger partial charge >= 0.3 is 0 Å². The maximum Gasteiger partial charge on any atom is 0.0580 e. The van der Waals surface area contributed by atoms with Crippen LogP contribution in [0.5, 0.6) is 0 Å². The Labute approximate surface area is 126 Å². The van der Waals surface area contributed by atoms with Gasteiger partial charge in [-0.1, -0.05) is 66.2 Å². The maximum atomic E-state index is 3.47. The Morgan fingerprint density at radius 1 is 0.810 bits per heavy atom. The normalized spacial score (nSPS) is 12.5. The monoisotopic (exact) mass is 275 g/mol. The maximum absolute atomic E-state index is 3.47. The average molecular weight is 275 g/mol. The number of rotatable bonds is 3. The molecular formula is C20H21N. The summed E-state index contributed by atoms with van der Waals surface area (Å²) in [7, 11) is 2.03. The molecule has 0 aliphatic carbocycles. The molecule has 1 unspecified atom stereocenters. The van der Waals surface area contributed by atoms with Crippen molar-refractivity contribution in [2.75, 3.05) is 7.05 Å². The van der Waals surface area contributed by atoms with Crippen molar-refractivity contribution < 1.29 is 0 Å². The van der Waals surface area contributed by atoms with Crippen molar-refractivity contribution in [1.82, 2.24) is 5.32 Å². The Hall–Kier alpha value is -2.12. The first-order chi connectivity index (χ1) is 10.2. The van der Waals surface area contributed by atoms with Crippen LogP contribution in [-0.2, 0) is 0 Å². The molecule has 0 bridgehead atoms. The lowest BCUT2D eigenvalue weighted by molar-refractivity contribution is 0.696. The highest BCUT2D eigenvalue weighted by Gasteiger charge is 2.15. The van der Waals surface area contributed by atoms with Gasteiger partial charge in [0.05, 0.1) is 6.04 Å². The van der Waals surface area contributed by atoms with E-state index in [4.69, 9.17) is 0 Å². The highest BCUT2D eigenvalue weighted by Crippen LogP contribution is 2.30. The van der Waals surface area contributed by atoms with Crippen LogP contribution in [0.3, 0.4) is 0 Å². The molecule has 0 amide bonds. The lowest BCUT2D eigenvalue weighted by Gasteiger charge is -2.20. The van der Waals surface area contributed by atoms with Crippen molar-refractivity contribution in [2.24, 2.45) is 0 Å². The number of hydrogen-bond acceptors (Lipinski definition) is 1. The van der Waals surface area contributed by atoms with Crippen LogP contribution in [0.1, 0.15) is 28.3 Å². The van der Waals surface area contributed by atoms with E-state index in [9.17, 15) is 0 Å². The third-order valence-corrected chi connectivity index (χ3v) is 4.15. The molecule has 0 fully saturated rings. The summed E-state index contributed by atoms with van der Waals surface area (Å²) in [4.78, 5) is 0. The van der Waals surface area contributed by atoms with E-state index in [0.29, 0.717) is 0 Å². The Bertz CT molecular complexity index is 774. The summed E-state index contributed by atoms with van der Waals surface area (Å²) in [5.74, 6) is 0. The summed E-state index contributed by atoms with van der Waals surface area (Å²) in [6.45, 7) is 4.32. The van der Waals surface area contributed by atoms with Crippen LogP contribution in [0, 0.1) is 13.8 Å². The van der Waals surface area contributed by atoms with Crippen molar-refractivity contribution in [3.63, 3.8) is 0 Å². The van der Waals surface area contributed by atoms with Gasteiger partial charge in [0.1, 0.15) is 0 Å². The number of aryl methyl sites for hydroxylation is 2. The molecule has 0 heterocycles. The minimum atomic E-state index is 0.218. The van der Waals surface area contributed by atoms with Gasteiger partial charge in [0, 0.05) is 0 Å². The summed E-state index contributed by atoms with van der Waals surface area (Å²) in [5.41, 5.74) is 5.27. The molecular weight excluding hydrogens is 254 g/mol. The van der Waals surface area contributed by atoms with Crippen LogP contribution in [0.4, 0.5) is 0 Å². The van der Waals surface area contributed by atoms with Gasteiger partial charge in [-0.05, 0) is 48.4 Å². The van der Waals surface area contributed by atoms with Gasteiger partial charge < -0.3 is 5.32 Å². The minimum Gasteiger partial charge on any atom is -0.309 e. The van der Waals surface area contributed by atoms with E-state index < -0.39 is 0 Å². The second kappa shape index (κ2) is 5.71. The first-order valence-corrected chi connectivity index (χ1v) is 7.43. The van der Waals surface area contributed by atoms with E-state index in [1.807, 2.05) is 7.05 Å². The minimum absolute atomic E-state index is 0.218. The predicted octanol–water partition coefficient (Wildman–Crippen LogP) is 4.77. The fourth-order valence-electron chi connectivity index (χ4n) is 3.08. The van der Waals surface area contributed by atoms with Crippen molar-refractivity contribution >= 4 is 10.8 Å². The molecule has 0 aliphatic rings. The van der Waals surface area contributed by atoms with Gasteiger partial charge in [-0.15, -0.1) is 0 Å². The molecule has 106 valence electrons. The summed E-state index contributed by atoms with van der Waals surface area (Å²) in [6.07, 6.45) is 0. The largest absolute Gasteiger partial charge is 0.309 e. The lowest BCUT2D eigenvalue weighted by Crippen LogP contribution is -2.18. The third-order valence-electron chi connectivity index (χ3n) is 4.15. The van der Waals surface area contributed by atoms with Crippen LogP contribution in [0.15, 0.2) is 60.7 Å². The van der Waals surface area contributed by atoms with Crippen molar-refractivity contribution in [2.45, 2.75) is 19.9 Å². The van der Waals surface area contributed by atoms with E-state index in [0.717, 1.165) is 0 Å². The Morgan fingerprint density at radius 2 is 1.57 bits per heavy atom.